The molecule has 7 nitrogen and oxygen atoms in total. The van der Waals surface area contributed by atoms with Gasteiger partial charge in [-0.15, -0.1) is 0 Å². The molecule has 0 saturated carbocycles. The number of nitrogens with two attached hydrogens (primary N) is 1. The van der Waals surface area contributed by atoms with E-state index in [4.69, 9.17) is 15.2 Å². The van der Waals surface area contributed by atoms with Crippen molar-refractivity contribution >= 4 is 17.6 Å². The third kappa shape index (κ3) is 6.67. The number of benzene rings is 2. The van der Waals surface area contributed by atoms with Crippen molar-refractivity contribution in [2.24, 2.45) is 5.73 Å². The third-order valence-electron chi connectivity index (χ3n) is 4.00. The molecular formula is C21H26FN3O4. The number of amides is 3. The van der Waals surface area contributed by atoms with Gasteiger partial charge >= 0.3 is 6.03 Å². The highest BCUT2D eigenvalue weighted by Gasteiger charge is 2.13. The molecule has 0 aliphatic carbocycles. The van der Waals surface area contributed by atoms with Gasteiger partial charge in [0.1, 0.15) is 11.6 Å². The van der Waals surface area contributed by atoms with Crippen LogP contribution in [0.2, 0.25) is 0 Å². The van der Waals surface area contributed by atoms with Crippen LogP contribution in [0.3, 0.4) is 0 Å². The van der Waals surface area contributed by atoms with Gasteiger partial charge in [0.15, 0.2) is 11.5 Å². The molecule has 2 rings (SSSR count). The van der Waals surface area contributed by atoms with E-state index >= 15 is 0 Å². The minimum Gasteiger partial charge on any atom is -0.490 e. The van der Waals surface area contributed by atoms with Crippen molar-refractivity contribution in [3.8, 4) is 17.2 Å². The van der Waals surface area contributed by atoms with Crippen molar-refractivity contribution in [3.63, 3.8) is 0 Å². The van der Waals surface area contributed by atoms with E-state index in [0.717, 1.165) is 25.3 Å². The molecule has 0 bridgehead atoms. The van der Waals surface area contributed by atoms with Crippen LogP contribution in [-0.2, 0) is 0 Å². The molecule has 29 heavy (non-hydrogen) atoms. The van der Waals surface area contributed by atoms with Gasteiger partial charge in [0.25, 0.3) is 5.91 Å². The number of carbonyl (C=O) groups excluding carboxylic acids is 2. The van der Waals surface area contributed by atoms with Crippen molar-refractivity contribution in [3.05, 3.63) is 47.8 Å². The summed E-state index contributed by atoms with van der Waals surface area (Å²) in [5.74, 6) is -0.719. The molecule has 0 aliphatic heterocycles. The van der Waals surface area contributed by atoms with Crippen LogP contribution in [0.15, 0.2) is 36.4 Å². The Morgan fingerprint density at radius 1 is 1.07 bits per heavy atom. The van der Waals surface area contributed by atoms with E-state index < -0.39 is 11.7 Å². The lowest BCUT2D eigenvalue weighted by Crippen LogP contribution is -2.29. The molecule has 0 atom stereocenters. The smallest absolute Gasteiger partial charge is 0.319 e. The lowest BCUT2D eigenvalue weighted by Gasteiger charge is -2.14. The van der Waals surface area contributed by atoms with Crippen LogP contribution in [0, 0.1) is 5.82 Å². The zero-order chi connectivity index (χ0) is 21.2. The Morgan fingerprint density at radius 3 is 2.52 bits per heavy atom. The van der Waals surface area contributed by atoms with E-state index in [0.29, 0.717) is 30.3 Å². The van der Waals surface area contributed by atoms with E-state index in [1.54, 1.807) is 18.2 Å². The van der Waals surface area contributed by atoms with Crippen LogP contribution in [-0.4, -0.2) is 25.1 Å². The maximum atomic E-state index is 13.9. The summed E-state index contributed by atoms with van der Waals surface area (Å²) in [6.45, 7) is 4.88. The predicted octanol–water partition coefficient (Wildman–Crippen LogP) is 4.43. The summed E-state index contributed by atoms with van der Waals surface area (Å²) in [6.07, 6.45) is 3.06. The topological polar surface area (TPSA) is 103 Å². The zero-order valence-corrected chi connectivity index (χ0v) is 16.6. The first kappa shape index (κ1) is 22.0. The maximum absolute atomic E-state index is 13.9. The largest absolute Gasteiger partial charge is 0.490 e. The van der Waals surface area contributed by atoms with E-state index in [1.165, 1.54) is 12.1 Å². The first-order valence-electron chi connectivity index (χ1n) is 9.53. The predicted molar refractivity (Wildman–Crippen MR) is 109 cm³/mol. The van der Waals surface area contributed by atoms with Gasteiger partial charge in [-0.2, -0.15) is 0 Å². The average Bonchev–Trinajstić information content (AvgIpc) is 2.67. The maximum Gasteiger partial charge on any atom is 0.319 e. The number of urea groups is 1. The molecule has 2 aromatic rings. The first-order chi connectivity index (χ1) is 13.9. The number of halogens is 1. The van der Waals surface area contributed by atoms with Crippen LogP contribution < -0.4 is 25.8 Å². The molecule has 0 fully saturated rings. The Labute approximate surface area is 169 Å². The van der Waals surface area contributed by atoms with Gasteiger partial charge in [-0.1, -0.05) is 19.8 Å². The van der Waals surface area contributed by atoms with Gasteiger partial charge in [0.2, 0.25) is 0 Å². The van der Waals surface area contributed by atoms with Crippen molar-refractivity contribution in [1.29, 1.82) is 0 Å². The quantitative estimate of drug-likeness (QED) is 0.511. The highest BCUT2D eigenvalue weighted by molar-refractivity contribution is 5.93. The Bertz CT molecular complexity index is 858. The molecule has 0 aromatic heterocycles. The molecule has 0 saturated heterocycles. The lowest BCUT2D eigenvalue weighted by atomic mass is 10.2. The summed E-state index contributed by atoms with van der Waals surface area (Å²) in [4.78, 5) is 23.1. The van der Waals surface area contributed by atoms with E-state index in [1.807, 2.05) is 6.92 Å². The monoisotopic (exact) mass is 403 g/mol. The fourth-order valence-electron chi connectivity index (χ4n) is 2.58. The average molecular weight is 403 g/mol. The van der Waals surface area contributed by atoms with Crippen molar-refractivity contribution in [2.45, 2.75) is 33.1 Å². The number of primary amides is 1. The third-order valence-corrected chi connectivity index (χ3v) is 4.00. The van der Waals surface area contributed by atoms with Gasteiger partial charge in [-0.25, -0.2) is 9.18 Å². The second-order valence-corrected chi connectivity index (χ2v) is 6.29. The number of nitrogens with one attached hydrogen (secondary N) is 2. The fraction of sp³-hybridized carbons (Fsp3) is 0.333. The van der Waals surface area contributed by atoms with Crippen LogP contribution in [0.1, 0.15) is 43.5 Å². The standard InChI is InChI=1S/C21H26FN3O4/c1-3-5-6-11-24-21(27)25-14-7-10-18(19(12-14)28-4-2)29-15-8-9-16(20(23)26)17(22)13-15/h7-10,12-13H,3-6,11H2,1-2H3,(H2,23,26)(H2,24,25,27). The molecule has 2 aromatic carbocycles. The molecule has 156 valence electrons. The van der Waals surface area contributed by atoms with Gasteiger partial charge in [0, 0.05) is 24.4 Å². The summed E-state index contributed by atoms with van der Waals surface area (Å²) in [6, 6.07) is 8.35. The first-order valence-corrected chi connectivity index (χ1v) is 9.53. The number of ether oxygens (including phenoxy) is 2. The number of hydrogen-bond acceptors (Lipinski definition) is 4. The molecule has 0 heterocycles. The van der Waals surface area contributed by atoms with Gasteiger partial charge in [-0.3, -0.25) is 4.79 Å². The van der Waals surface area contributed by atoms with E-state index in [-0.39, 0.29) is 17.3 Å². The minimum atomic E-state index is -0.854. The summed E-state index contributed by atoms with van der Waals surface area (Å²) in [7, 11) is 0. The van der Waals surface area contributed by atoms with E-state index in [9.17, 15) is 14.0 Å². The van der Waals surface area contributed by atoms with Crippen molar-refractivity contribution in [1.82, 2.24) is 5.32 Å². The molecule has 4 N–H and O–H groups in total. The van der Waals surface area contributed by atoms with Gasteiger partial charge in [0.05, 0.1) is 12.2 Å². The summed E-state index contributed by atoms with van der Waals surface area (Å²) < 4.78 is 25.2. The zero-order valence-electron chi connectivity index (χ0n) is 16.6. The highest BCUT2D eigenvalue weighted by atomic mass is 19.1. The van der Waals surface area contributed by atoms with Gasteiger partial charge in [-0.05, 0) is 37.6 Å². The van der Waals surface area contributed by atoms with Crippen LogP contribution >= 0.6 is 0 Å². The lowest BCUT2D eigenvalue weighted by molar-refractivity contribution is 0.0996. The number of anilines is 1. The second-order valence-electron chi connectivity index (χ2n) is 6.29. The summed E-state index contributed by atoms with van der Waals surface area (Å²) in [5, 5.41) is 5.53. The molecular weight excluding hydrogens is 377 g/mol. The number of unbranched alkanes of at least 4 members (excludes halogenated alkanes) is 2. The normalized spacial score (nSPS) is 10.3. The number of hydrogen-bond donors (Lipinski definition) is 3. The van der Waals surface area contributed by atoms with Crippen molar-refractivity contribution < 1.29 is 23.5 Å². The Balaban J connectivity index is 2.10. The Morgan fingerprint density at radius 2 is 1.86 bits per heavy atom. The van der Waals surface area contributed by atoms with Gasteiger partial charge < -0.3 is 25.8 Å². The van der Waals surface area contributed by atoms with Crippen molar-refractivity contribution in [2.75, 3.05) is 18.5 Å². The minimum absolute atomic E-state index is 0.183. The van der Waals surface area contributed by atoms with Crippen LogP contribution in [0.4, 0.5) is 14.9 Å². The molecule has 0 unspecified atom stereocenters. The molecule has 8 heteroatoms. The molecule has 3 amide bonds. The highest BCUT2D eigenvalue weighted by Crippen LogP contribution is 2.34. The Kier molecular flexibility index (Phi) is 8.27. The molecule has 0 aliphatic rings. The summed E-state index contributed by atoms with van der Waals surface area (Å²) in [5.41, 5.74) is 5.42. The Hall–Kier alpha value is -3.29. The summed E-state index contributed by atoms with van der Waals surface area (Å²) >= 11 is 0. The van der Waals surface area contributed by atoms with Crippen LogP contribution in [0.25, 0.3) is 0 Å². The molecule has 0 spiro atoms. The SMILES string of the molecule is CCCCCNC(=O)Nc1ccc(Oc2ccc(C(N)=O)c(F)c2)c(OCC)c1. The number of rotatable bonds is 10. The second kappa shape index (κ2) is 10.9. The number of carbonyl (C=O) groups is 2. The molecule has 0 radical (unpaired) electrons. The van der Waals surface area contributed by atoms with Crippen LogP contribution in [0.5, 0.6) is 17.2 Å². The van der Waals surface area contributed by atoms with E-state index in [2.05, 4.69) is 17.6 Å². The fourth-order valence-corrected chi connectivity index (χ4v) is 2.58.